The maximum atomic E-state index is 13.2. The highest BCUT2D eigenvalue weighted by molar-refractivity contribution is 7.99. The summed E-state index contributed by atoms with van der Waals surface area (Å²) in [6, 6.07) is 8.50. The average molecular weight is 607 g/mol. The molecule has 1 amide bonds. The summed E-state index contributed by atoms with van der Waals surface area (Å²) in [5.74, 6) is 0.864. The number of hydrogen-bond donors (Lipinski definition) is 1. The molecular weight excluding hydrogens is 573 g/mol. The number of amides is 1. The van der Waals surface area contributed by atoms with Crippen LogP contribution in [0.4, 0.5) is 5.00 Å². The topological polar surface area (TPSA) is 86.1 Å². The predicted molar refractivity (Wildman–Crippen MR) is 169 cm³/mol. The highest BCUT2D eigenvalue weighted by Crippen LogP contribution is 2.41. The van der Waals surface area contributed by atoms with E-state index >= 15 is 0 Å². The quantitative estimate of drug-likeness (QED) is 0.114. The van der Waals surface area contributed by atoms with E-state index in [9.17, 15) is 9.59 Å². The first-order valence-corrected chi connectivity index (χ1v) is 16.4. The van der Waals surface area contributed by atoms with Gasteiger partial charge in [0.25, 0.3) is 0 Å². The number of benzene rings is 1. The summed E-state index contributed by atoms with van der Waals surface area (Å²) in [4.78, 5) is 28.4. The summed E-state index contributed by atoms with van der Waals surface area (Å²) in [5.41, 5.74) is 6.05. The number of aromatic nitrogens is 3. The van der Waals surface area contributed by atoms with Crippen LogP contribution in [0.5, 0.6) is 0 Å². The maximum Gasteiger partial charge on any atom is 0.341 e. The van der Waals surface area contributed by atoms with E-state index in [0.717, 1.165) is 47.3 Å². The van der Waals surface area contributed by atoms with E-state index in [1.165, 1.54) is 38.4 Å². The fourth-order valence-corrected chi connectivity index (χ4v) is 8.16. The van der Waals surface area contributed by atoms with Gasteiger partial charge in [-0.05, 0) is 57.1 Å². The number of rotatable bonds is 10. The summed E-state index contributed by atoms with van der Waals surface area (Å²) in [7, 11) is 0. The molecular formula is C31H34N4O3S3. The fourth-order valence-electron chi connectivity index (χ4n) is 5.14. The van der Waals surface area contributed by atoms with Crippen molar-refractivity contribution in [1.82, 2.24) is 14.8 Å². The van der Waals surface area contributed by atoms with Crippen molar-refractivity contribution in [3.05, 3.63) is 68.7 Å². The number of esters is 1. The first kappa shape index (κ1) is 29.3. The zero-order chi connectivity index (χ0) is 29.1. The van der Waals surface area contributed by atoms with Crippen molar-refractivity contribution in [1.29, 1.82) is 0 Å². The Labute approximate surface area is 253 Å². The lowest BCUT2D eigenvalue weighted by Gasteiger charge is -2.18. The van der Waals surface area contributed by atoms with E-state index in [2.05, 4.69) is 72.5 Å². The summed E-state index contributed by atoms with van der Waals surface area (Å²) in [6.45, 7) is 12.9. The van der Waals surface area contributed by atoms with Gasteiger partial charge in [0, 0.05) is 32.8 Å². The number of carbonyl (C=O) groups excluding carboxylic acids is 2. The van der Waals surface area contributed by atoms with Gasteiger partial charge in [-0.15, -0.1) is 39.4 Å². The minimum atomic E-state index is -0.367. The molecule has 0 bridgehead atoms. The Bertz CT molecular complexity index is 1580. The number of thiophene rings is 2. The van der Waals surface area contributed by atoms with Gasteiger partial charge in [-0.25, -0.2) is 4.79 Å². The molecule has 3 aromatic heterocycles. The second kappa shape index (κ2) is 12.8. The lowest BCUT2D eigenvalue weighted by atomic mass is 9.88. The number of anilines is 1. The predicted octanol–water partition coefficient (Wildman–Crippen LogP) is 7.57. The third-order valence-corrected chi connectivity index (χ3v) is 10.2. The minimum Gasteiger partial charge on any atom is -0.462 e. The third-order valence-electron chi connectivity index (χ3n) is 7.16. The second-order valence-electron chi connectivity index (χ2n) is 10.3. The summed E-state index contributed by atoms with van der Waals surface area (Å²) in [6.07, 6.45) is 4.57. The van der Waals surface area contributed by atoms with Crippen molar-refractivity contribution in [2.45, 2.75) is 58.7 Å². The van der Waals surface area contributed by atoms with Crippen LogP contribution in [0, 0.1) is 19.8 Å². The Morgan fingerprint density at radius 3 is 2.76 bits per heavy atom. The molecule has 0 saturated heterocycles. The largest absolute Gasteiger partial charge is 0.462 e. The second-order valence-corrected chi connectivity index (χ2v) is 13.4. The van der Waals surface area contributed by atoms with Crippen molar-refractivity contribution in [2.75, 3.05) is 17.7 Å². The van der Waals surface area contributed by atoms with E-state index < -0.39 is 0 Å². The van der Waals surface area contributed by atoms with E-state index in [1.54, 1.807) is 18.3 Å². The molecule has 1 unspecified atom stereocenters. The fraction of sp³-hybridized carbons (Fsp3) is 0.355. The maximum absolute atomic E-state index is 13.2. The summed E-state index contributed by atoms with van der Waals surface area (Å²) < 4.78 is 7.35. The molecule has 1 aliphatic rings. The molecule has 0 radical (unpaired) electrons. The standard InChI is InChI=1S/C31H34N4O3S3/c1-6-14-35-28(23-16-39-20(5)26(23)21-11-8-18(3)9-12-21)33-34-31(35)40-17-25(36)32-29-27(30(37)38-7-2)22-13-10-19(4)15-24(22)41-29/h6,8-9,11-12,16,19H,1,7,10,13-15,17H2,2-5H3,(H,32,36). The monoisotopic (exact) mass is 606 g/mol. The van der Waals surface area contributed by atoms with E-state index in [1.807, 2.05) is 10.6 Å². The molecule has 1 aromatic carbocycles. The van der Waals surface area contributed by atoms with Gasteiger partial charge in [0.15, 0.2) is 11.0 Å². The SMILES string of the molecule is C=CCn1c(SCC(=O)Nc2sc3c(c2C(=O)OCC)CCC(C)C3)nnc1-c1csc(C)c1-c1ccc(C)cc1. The van der Waals surface area contributed by atoms with Crippen molar-refractivity contribution in [2.24, 2.45) is 5.92 Å². The van der Waals surface area contributed by atoms with Gasteiger partial charge < -0.3 is 10.1 Å². The van der Waals surface area contributed by atoms with Crippen LogP contribution in [-0.2, 0) is 28.9 Å². The highest BCUT2D eigenvalue weighted by Gasteiger charge is 2.29. The zero-order valence-corrected chi connectivity index (χ0v) is 26.2. The van der Waals surface area contributed by atoms with Crippen LogP contribution in [-0.4, -0.2) is 39.0 Å². The molecule has 0 fully saturated rings. The molecule has 41 heavy (non-hydrogen) atoms. The van der Waals surface area contributed by atoms with Gasteiger partial charge in [-0.3, -0.25) is 9.36 Å². The van der Waals surface area contributed by atoms with Crippen LogP contribution in [0.3, 0.4) is 0 Å². The molecule has 10 heteroatoms. The third kappa shape index (κ3) is 6.19. The lowest BCUT2D eigenvalue weighted by Crippen LogP contribution is -2.18. The number of nitrogens with one attached hydrogen (secondary N) is 1. The molecule has 5 rings (SSSR count). The first-order valence-electron chi connectivity index (χ1n) is 13.7. The Morgan fingerprint density at radius 1 is 1.24 bits per heavy atom. The van der Waals surface area contributed by atoms with Gasteiger partial charge in [-0.2, -0.15) is 0 Å². The van der Waals surface area contributed by atoms with Crippen LogP contribution in [0.2, 0.25) is 0 Å². The molecule has 1 N–H and O–H groups in total. The van der Waals surface area contributed by atoms with Crippen LogP contribution in [0.15, 0.2) is 47.5 Å². The molecule has 3 heterocycles. The normalized spacial score (nSPS) is 14.5. The van der Waals surface area contributed by atoms with Crippen molar-refractivity contribution >= 4 is 51.3 Å². The van der Waals surface area contributed by atoms with Crippen LogP contribution >= 0.6 is 34.4 Å². The Hall–Kier alpha value is -3.21. The van der Waals surface area contributed by atoms with Crippen LogP contribution in [0.25, 0.3) is 22.5 Å². The first-order chi connectivity index (χ1) is 19.8. The Kier molecular flexibility index (Phi) is 9.11. The molecule has 7 nitrogen and oxygen atoms in total. The van der Waals surface area contributed by atoms with E-state index in [4.69, 9.17) is 4.74 Å². The number of hydrogen-bond acceptors (Lipinski definition) is 8. The molecule has 1 aliphatic carbocycles. The number of thioether (sulfide) groups is 1. The van der Waals surface area contributed by atoms with Crippen molar-refractivity contribution in [3.8, 4) is 22.5 Å². The Morgan fingerprint density at radius 2 is 2.02 bits per heavy atom. The molecule has 4 aromatic rings. The number of nitrogens with zero attached hydrogens (tertiary/aromatic N) is 3. The minimum absolute atomic E-state index is 0.129. The number of aryl methyl sites for hydroxylation is 2. The van der Waals surface area contributed by atoms with Crippen LogP contribution < -0.4 is 5.32 Å². The van der Waals surface area contributed by atoms with Gasteiger partial charge in [0.1, 0.15) is 5.00 Å². The lowest BCUT2D eigenvalue weighted by molar-refractivity contribution is -0.113. The number of carbonyl (C=O) groups is 2. The molecule has 214 valence electrons. The van der Waals surface area contributed by atoms with Gasteiger partial charge in [0.05, 0.1) is 17.9 Å². The van der Waals surface area contributed by atoms with Gasteiger partial charge in [0.2, 0.25) is 5.91 Å². The molecule has 1 atom stereocenters. The number of ether oxygens (including phenoxy) is 1. The Balaban J connectivity index is 1.37. The molecule has 0 spiro atoms. The number of fused-ring (bicyclic) bond motifs is 1. The van der Waals surface area contributed by atoms with E-state index in [0.29, 0.717) is 34.8 Å². The van der Waals surface area contributed by atoms with E-state index in [-0.39, 0.29) is 17.6 Å². The zero-order valence-electron chi connectivity index (χ0n) is 23.8. The van der Waals surface area contributed by atoms with Crippen LogP contribution in [0.1, 0.15) is 51.5 Å². The molecule has 0 saturated carbocycles. The average Bonchev–Trinajstić information content (AvgIpc) is 3.62. The van der Waals surface area contributed by atoms with Crippen molar-refractivity contribution in [3.63, 3.8) is 0 Å². The van der Waals surface area contributed by atoms with Crippen molar-refractivity contribution < 1.29 is 14.3 Å². The molecule has 0 aliphatic heterocycles. The summed E-state index contributed by atoms with van der Waals surface area (Å²) in [5, 5.41) is 15.4. The number of allylic oxidation sites excluding steroid dienone is 1. The summed E-state index contributed by atoms with van der Waals surface area (Å²) >= 11 is 4.50. The van der Waals surface area contributed by atoms with Gasteiger partial charge >= 0.3 is 5.97 Å². The highest BCUT2D eigenvalue weighted by atomic mass is 32.2. The smallest absolute Gasteiger partial charge is 0.341 e. The van der Waals surface area contributed by atoms with Gasteiger partial charge in [-0.1, -0.05) is 54.6 Å².